The summed E-state index contributed by atoms with van der Waals surface area (Å²) in [5.74, 6) is -0.504. The third kappa shape index (κ3) is 4.31. The van der Waals surface area contributed by atoms with Gasteiger partial charge in [0.15, 0.2) is 5.75 Å². The van der Waals surface area contributed by atoms with Gasteiger partial charge in [0.25, 0.3) is 0 Å². The number of hydrogen-bond acceptors (Lipinski definition) is 10. The lowest BCUT2D eigenvalue weighted by Crippen LogP contribution is -2.60. The average molecular weight is 412 g/mol. The number of aromatic hydroxyl groups is 1. The van der Waals surface area contributed by atoms with Crippen molar-refractivity contribution in [2.75, 3.05) is 13.2 Å². The molecule has 5 atom stereocenters. The number of benzene rings is 1. The van der Waals surface area contributed by atoms with E-state index in [1.165, 1.54) is 18.2 Å². The Morgan fingerprint density at radius 1 is 1.14 bits per heavy atom. The summed E-state index contributed by atoms with van der Waals surface area (Å²) in [6.07, 6.45) is -5.56. The quantitative estimate of drug-likeness (QED) is 0.306. The van der Waals surface area contributed by atoms with Crippen molar-refractivity contribution in [3.05, 3.63) is 28.6 Å². The summed E-state index contributed by atoms with van der Waals surface area (Å²) in [6, 6.07) is 4.30. The van der Waals surface area contributed by atoms with Crippen molar-refractivity contribution in [3.8, 4) is 17.2 Å². The van der Waals surface area contributed by atoms with E-state index < -0.39 is 48.7 Å². The van der Waals surface area contributed by atoms with E-state index in [0.717, 1.165) is 12.8 Å². The van der Waals surface area contributed by atoms with E-state index in [2.05, 4.69) is 0 Å². The fourth-order valence-electron chi connectivity index (χ4n) is 2.98. The third-order valence-corrected chi connectivity index (χ3v) is 4.65. The zero-order chi connectivity index (χ0) is 21.1. The average Bonchev–Trinajstić information content (AvgIpc) is 2.71. The molecular weight excluding hydrogens is 388 g/mol. The summed E-state index contributed by atoms with van der Waals surface area (Å²) >= 11 is 0. The number of ether oxygens (including phenoxy) is 3. The predicted octanol–water partition coefficient (Wildman–Crippen LogP) is -0.144. The zero-order valence-corrected chi connectivity index (χ0v) is 15.7. The molecule has 2 aromatic rings. The van der Waals surface area contributed by atoms with Crippen molar-refractivity contribution in [1.82, 2.24) is 0 Å². The molecule has 1 aliphatic heterocycles. The number of rotatable bonds is 7. The lowest BCUT2D eigenvalue weighted by Gasteiger charge is -2.39. The Labute approximate surface area is 165 Å². The van der Waals surface area contributed by atoms with E-state index in [1.54, 1.807) is 0 Å². The van der Waals surface area contributed by atoms with E-state index in [4.69, 9.17) is 18.6 Å². The van der Waals surface area contributed by atoms with Gasteiger partial charge in [0.1, 0.15) is 35.7 Å². The summed E-state index contributed by atoms with van der Waals surface area (Å²) in [5.41, 5.74) is -0.907. The first-order valence-corrected chi connectivity index (χ1v) is 9.27. The molecule has 1 aliphatic rings. The van der Waals surface area contributed by atoms with Gasteiger partial charge in [-0.25, -0.2) is 4.79 Å². The van der Waals surface area contributed by atoms with Crippen LogP contribution in [0, 0.1) is 0 Å². The second kappa shape index (κ2) is 8.97. The molecule has 0 radical (unpaired) electrons. The van der Waals surface area contributed by atoms with Gasteiger partial charge in [0.05, 0.1) is 18.6 Å². The SMILES string of the molecule is CCCCOc1c(O)c(=O)oc2cc(O[C@@H]3O[C@H](CO)[C@@H](O)[C@H](O)[C@H]3O)ccc12. The minimum Gasteiger partial charge on any atom is -0.499 e. The summed E-state index contributed by atoms with van der Waals surface area (Å²) in [7, 11) is 0. The number of unbranched alkanes of at least 4 members (excludes halogenated alkanes) is 1. The number of hydrogen-bond donors (Lipinski definition) is 5. The monoisotopic (exact) mass is 412 g/mol. The molecule has 0 spiro atoms. The summed E-state index contributed by atoms with van der Waals surface area (Å²) < 4.78 is 21.4. The Bertz CT molecular complexity index is 892. The molecule has 0 bridgehead atoms. The maximum Gasteiger partial charge on any atom is 0.382 e. The predicted molar refractivity (Wildman–Crippen MR) is 98.9 cm³/mol. The highest BCUT2D eigenvalue weighted by atomic mass is 16.7. The first-order valence-electron chi connectivity index (χ1n) is 9.27. The summed E-state index contributed by atoms with van der Waals surface area (Å²) in [6.45, 7) is 1.70. The van der Waals surface area contributed by atoms with E-state index >= 15 is 0 Å². The first kappa shape index (κ1) is 21.3. The minimum absolute atomic E-state index is 0.00379. The molecule has 1 saturated heterocycles. The Morgan fingerprint density at radius 2 is 1.90 bits per heavy atom. The van der Waals surface area contributed by atoms with Gasteiger partial charge in [-0.05, 0) is 18.6 Å². The molecule has 0 aliphatic carbocycles. The second-order valence-corrected chi connectivity index (χ2v) is 6.74. The van der Waals surface area contributed by atoms with Crippen LogP contribution in [0.5, 0.6) is 17.2 Å². The molecule has 1 aromatic carbocycles. The standard InChI is InChI=1S/C19H24O10/c1-2-3-6-26-17-10-5-4-9(7-11(10)28-18(25)16(17)24)27-19-15(23)14(22)13(21)12(8-20)29-19/h4-5,7,12-15,19-24H,2-3,6,8H2,1H3/t12-,13-,14+,15-,19-/m1/s1. The zero-order valence-electron chi connectivity index (χ0n) is 15.7. The van der Waals surface area contributed by atoms with Crippen LogP contribution < -0.4 is 15.1 Å². The van der Waals surface area contributed by atoms with Crippen LogP contribution in [0.25, 0.3) is 11.0 Å². The summed E-state index contributed by atoms with van der Waals surface area (Å²) in [4.78, 5) is 11.9. The van der Waals surface area contributed by atoms with Gasteiger partial charge in [-0.3, -0.25) is 0 Å². The Hall–Kier alpha value is -2.37. The van der Waals surface area contributed by atoms with E-state index in [9.17, 15) is 30.3 Å². The van der Waals surface area contributed by atoms with Crippen LogP contribution in [-0.2, 0) is 4.74 Å². The molecule has 10 heteroatoms. The van der Waals surface area contributed by atoms with Gasteiger partial charge in [0, 0.05) is 6.07 Å². The van der Waals surface area contributed by atoms with Crippen LogP contribution in [0.1, 0.15) is 19.8 Å². The van der Waals surface area contributed by atoms with Gasteiger partial charge in [-0.1, -0.05) is 13.3 Å². The molecule has 29 heavy (non-hydrogen) atoms. The van der Waals surface area contributed by atoms with Crippen molar-refractivity contribution < 1.29 is 44.2 Å². The van der Waals surface area contributed by atoms with E-state index in [1.807, 2.05) is 6.92 Å². The van der Waals surface area contributed by atoms with Crippen molar-refractivity contribution in [2.45, 2.75) is 50.5 Å². The fraction of sp³-hybridized carbons (Fsp3) is 0.526. The molecule has 0 amide bonds. The van der Waals surface area contributed by atoms with Gasteiger partial charge < -0.3 is 44.2 Å². The van der Waals surface area contributed by atoms with Crippen LogP contribution in [0.4, 0.5) is 0 Å². The molecule has 3 rings (SSSR count). The van der Waals surface area contributed by atoms with Crippen molar-refractivity contribution in [3.63, 3.8) is 0 Å². The van der Waals surface area contributed by atoms with Crippen LogP contribution in [0.15, 0.2) is 27.4 Å². The first-order chi connectivity index (χ1) is 13.9. The van der Waals surface area contributed by atoms with Gasteiger partial charge in [-0.15, -0.1) is 0 Å². The minimum atomic E-state index is -1.58. The van der Waals surface area contributed by atoms with E-state index in [-0.39, 0.29) is 17.1 Å². The maximum atomic E-state index is 11.9. The van der Waals surface area contributed by atoms with Gasteiger partial charge in [-0.2, -0.15) is 0 Å². The Balaban J connectivity index is 1.88. The molecule has 1 fully saturated rings. The molecule has 10 nitrogen and oxygen atoms in total. The number of fused-ring (bicyclic) bond motifs is 1. The molecule has 160 valence electrons. The fourth-order valence-corrected chi connectivity index (χ4v) is 2.98. The second-order valence-electron chi connectivity index (χ2n) is 6.74. The van der Waals surface area contributed by atoms with Crippen molar-refractivity contribution in [2.24, 2.45) is 0 Å². The lowest BCUT2D eigenvalue weighted by atomic mass is 9.99. The van der Waals surface area contributed by atoms with Gasteiger partial charge in [0.2, 0.25) is 12.0 Å². The summed E-state index contributed by atoms with van der Waals surface area (Å²) in [5, 5.41) is 49.3. The molecule has 0 saturated carbocycles. The van der Waals surface area contributed by atoms with Crippen LogP contribution in [-0.4, -0.2) is 69.5 Å². The molecule has 1 aromatic heterocycles. The normalized spacial score (nSPS) is 27.1. The van der Waals surface area contributed by atoms with Crippen molar-refractivity contribution >= 4 is 11.0 Å². The number of aliphatic hydroxyl groups excluding tert-OH is 4. The molecule has 2 heterocycles. The number of aliphatic hydroxyl groups is 4. The van der Waals surface area contributed by atoms with Gasteiger partial charge >= 0.3 is 5.63 Å². The Morgan fingerprint density at radius 3 is 2.59 bits per heavy atom. The van der Waals surface area contributed by atoms with Crippen LogP contribution in [0.3, 0.4) is 0 Å². The molecular formula is C19H24O10. The van der Waals surface area contributed by atoms with E-state index in [0.29, 0.717) is 12.0 Å². The largest absolute Gasteiger partial charge is 0.499 e. The maximum absolute atomic E-state index is 11.9. The third-order valence-electron chi connectivity index (χ3n) is 4.65. The molecule has 0 unspecified atom stereocenters. The topological polar surface area (TPSA) is 159 Å². The Kier molecular flexibility index (Phi) is 6.60. The highest BCUT2D eigenvalue weighted by Gasteiger charge is 2.44. The van der Waals surface area contributed by atoms with Crippen LogP contribution >= 0.6 is 0 Å². The highest BCUT2D eigenvalue weighted by molar-refractivity contribution is 5.86. The molecule has 5 N–H and O–H groups in total. The van der Waals surface area contributed by atoms with Crippen molar-refractivity contribution in [1.29, 1.82) is 0 Å². The smallest absolute Gasteiger partial charge is 0.382 e. The lowest BCUT2D eigenvalue weighted by molar-refractivity contribution is -0.277. The van der Waals surface area contributed by atoms with Crippen LogP contribution in [0.2, 0.25) is 0 Å². The highest BCUT2D eigenvalue weighted by Crippen LogP contribution is 2.34.